The zero-order valence-corrected chi connectivity index (χ0v) is 13.0. The summed E-state index contributed by atoms with van der Waals surface area (Å²) in [6, 6.07) is 12.2. The fourth-order valence-electron chi connectivity index (χ4n) is 2.54. The van der Waals surface area contributed by atoms with E-state index in [1.54, 1.807) is 12.3 Å². The highest BCUT2D eigenvalue weighted by atomic mass is 16.3. The highest BCUT2D eigenvalue weighted by Gasteiger charge is 2.34. The molecule has 2 amide bonds. The van der Waals surface area contributed by atoms with Gasteiger partial charge in [-0.2, -0.15) is 5.10 Å². The number of amides is 2. The summed E-state index contributed by atoms with van der Waals surface area (Å²) in [4.78, 5) is 24.0. The number of nitrogens with one attached hydrogen (secondary N) is 1. The minimum atomic E-state index is -0.654. The molecule has 1 aromatic carbocycles. The highest BCUT2D eigenvalue weighted by Crippen LogP contribution is 2.24. The van der Waals surface area contributed by atoms with Gasteiger partial charge >= 0.3 is 0 Å². The van der Waals surface area contributed by atoms with Crippen molar-refractivity contribution >= 4 is 23.2 Å². The van der Waals surface area contributed by atoms with Crippen LogP contribution >= 0.6 is 0 Å². The molecule has 1 aromatic heterocycles. The largest absolute Gasteiger partial charge is 0.469 e. The summed E-state index contributed by atoms with van der Waals surface area (Å²) in [5, 5.41) is 8.58. The average molecular weight is 326 g/mol. The second-order valence-corrected chi connectivity index (χ2v) is 5.43. The fourth-order valence-corrected chi connectivity index (χ4v) is 2.54. The second kappa shape index (κ2) is 6.99. The third kappa shape index (κ3) is 3.45. The zero-order chi connectivity index (χ0) is 16.9. The molecule has 3 N–H and O–H groups in total. The maximum Gasteiger partial charge on any atom is 0.267 e. The van der Waals surface area contributed by atoms with Gasteiger partial charge in [0.2, 0.25) is 5.91 Å². The average Bonchev–Trinajstić information content (AvgIpc) is 3.25. The van der Waals surface area contributed by atoms with Crippen LogP contribution in [0.5, 0.6) is 0 Å². The molecule has 2 heterocycles. The minimum Gasteiger partial charge on any atom is -0.469 e. The van der Waals surface area contributed by atoms with Crippen molar-refractivity contribution in [3.8, 4) is 0 Å². The molecule has 2 aromatic rings. The lowest BCUT2D eigenvalue weighted by molar-refractivity contribution is -0.119. The van der Waals surface area contributed by atoms with E-state index >= 15 is 0 Å². The number of hydrogen-bond donors (Lipinski definition) is 2. The Kier molecular flexibility index (Phi) is 4.60. The van der Waals surface area contributed by atoms with Gasteiger partial charge in [0.15, 0.2) is 0 Å². The van der Waals surface area contributed by atoms with Crippen molar-refractivity contribution in [1.29, 1.82) is 0 Å². The van der Waals surface area contributed by atoms with Crippen LogP contribution < -0.4 is 16.1 Å². The number of furan rings is 1. The molecule has 0 fully saturated rings. The normalized spacial score (nSPS) is 16.8. The molecule has 0 saturated heterocycles. The SMILES string of the molecule is NC(=O)C1CC(C(=O)NCCc2ccco2)=NN1c1ccccc1. The molecule has 1 unspecified atom stereocenters. The molecule has 1 aliphatic heterocycles. The lowest BCUT2D eigenvalue weighted by Crippen LogP contribution is -2.40. The number of carbonyl (C=O) groups excluding carboxylic acids is 2. The molecule has 0 spiro atoms. The molecular weight excluding hydrogens is 308 g/mol. The molecule has 3 rings (SSSR count). The zero-order valence-electron chi connectivity index (χ0n) is 13.0. The van der Waals surface area contributed by atoms with Crippen LogP contribution in [-0.4, -0.2) is 30.1 Å². The Morgan fingerprint density at radius 1 is 1.25 bits per heavy atom. The van der Waals surface area contributed by atoms with E-state index in [1.807, 2.05) is 36.4 Å². The van der Waals surface area contributed by atoms with Crippen molar-refractivity contribution in [3.05, 3.63) is 54.5 Å². The van der Waals surface area contributed by atoms with Crippen molar-refractivity contribution < 1.29 is 14.0 Å². The third-order valence-electron chi connectivity index (χ3n) is 3.76. The van der Waals surface area contributed by atoms with Crippen molar-refractivity contribution in [2.45, 2.75) is 18.9 Å². The summed E-state index contributed by atoms with van der Waals surface area (Å²) in [5.74, 6) is -0.0168. The molecule has 7 heteroatoms. The molecular formula is C17H18N4O3. The number of nitrogens with zero attached hydrogens (tertiary/aromatic N) is 2. The van der Waals surface area contributed by atoms with E-state index < -0.39 is 11.9 Å². The predicted molar refractivity (Wildman–Crippen MR) is 89.4 cm³/mol. The standard InChI is InChI=1S/C17H18N4O3/c18-16(22)15-11-14(20-21(15)12-5-2-1-3-6-12)17(23)19-9-8-13-7-4-10-24-13/h1-7,10,15H,8-9,11H2,(H2,18,22)(H,19,23). The number of para-hydroxylation sites is 1. The fraction of sp³-hybridized carbons (Fsp3) is 0.235. The molecule has 0 saturated carbocycles. The van der Waals surface area contributed by atoms with E-state index in [-0.39, 0.29) is 12.3 Å². The molecule has 7 nitrogen and oxygen atoms in total. The van der Waals surface area contributed by atoms with Crippen molar-refractivity contribution in [1.82, 2.24) is 5.32 Å². The van der Waals surface area contributed by atoms with Crippen LogP contribution in [-0.2, 0) is 16.0 Å². The van der Waals surface area contributed by atoms with E-state index in [2.05, 4.69) is 10.4 Å². The van der Waals surface area contributed by atoms with Gasteiger partial charge in [-0.1, -0.05) is 18.2 Å². The van der Waals surface area contributed by atoms with E-state index in [0.717, 1.165) is 11.4 Å². The monoisotopic (exact) mass is 326 g/mol. The molecule has 0 aliphatic carbocycles. The van der Waals surface area contributed by atoms with Gasteiger partial charge < -0.3 is 15.5 Å². The van der Waals surface area contributed by atoms with Crippen LogP contribution in [0, 0.1) is 0 Å². The number of hydrogen-bond acceptors (Lipinski definition) is 5. The molecule has 0 radical (unpaired) electrons. The van der Waals surface area contributed by atoms with Crippen molar-refractivity contribution in [2.75, 3.05) is 11.6 Å². The quantitative estimate of drug-likeness (QED) is 0.828. The van der Waals surface area contributed by atoms with Crippen molar-refractivity contribution in [2.24, 2.45) is 10.8 Å². The molecule has 0 bridgehead atoms. The van der Waals surface area contributed by atoms with Gasteiger partial charge in [0.25, 0.3) is 5.91 Å². The number of nitrogens with two attached hydrogens (primary N) is 1. The number of primary amides is 1. The number of benzene rings is 1. The van der Waals surface area contributed by atoms with E-state index in [1.165, 1.54) is 5.01 Å². The van der Waals surface area contributed by atoms with Crippen LogP contribution in [0.25, 0.3) is 0 Å². The lowest BCUT2D eigenvalue weighted by atomic mass is 10.1. The summed E-state index contributed by atoms with van der Waals surface area (Å²) < 4.78 is 5.21. The summed E-state index contributed by atoms with van der Waals surface area (Å²) in [6.07, 6.45) is 2.37. The topological polar surface area (TPSA) is 101 Å². The molecule has 1 atom stereocenters. The first-order valence-corrected chi connectivity index (χ1v) is 7.67. The molecule has 124 valence electrons. The molecule has 1 aliphatic rings. The van der Waals surface area contributed by atoms with E-state index in [0.29, 0.717) is 18.7 Å². The summed E-state index contributed by atoms with van der Waals surface area (Å²) in [5.41, 5.74) is 6.47. The van der Waals surface area contributed by atoms with Crippen LogP contribution in [0.1, 0.15) is 12.2 Å². The van der Waals surface area contributed by atoms with E-state index in [9.17, 15) is 9.59 Å². The number of anilines is 1. The third-order valence-corrected chi connectivity index (χ3v) is 3.76. The Hall–Kier alpha value is -3.09. The first-order valence-electron chi connectivity index (χ1n) is 7.67. The second-order valence-electron chi connectivity index (χ2n) is 5.43. The van der Waals surface area contributed by atoms with Gasteiger partial charge in [-0.25, -0.2) is 0 Å². The first kappa shape index (κ1) is 15.8. The Morgan fingerprint density at radius 2 is 2.04 bits per heavy atom. The summed E-state index contributed by atoms with van der Waals surface area (Å²) in [6.45, 7) is 0.429. The minimum absolute atomic E-state index is 0.191. The Morgan fingerprint density at radius 3 is 2.71 bits per heavy atom. The maximum absolute atomic E-state index is 12.3. The van der Waals surface area contributed by atoms with Gasteiger partial charge in [0, 0.05) is 19.4 Å². The van der Waals surface area contributed by atoms with E-state index in [4.69, 9.17) is 10.2 Å². The smallest absolute Gasteiger partial charge is 0.267 e. The predicted octanol–water partition coefficient (Wildman–Crippen LogP) is 1.06. The number of carbonyl (C=O) groups is 2. The molecule has 24 heavy (non-hydrogen) atoms. The van der Waals surface area contributed by atoms with Crippen LogP contribution in [0.4, 0.5) is 5.69 Å². The van der Waals surface area contributed by atoms with Gasteiger partial charge in [0.1, 0.15) is 17.5 Å². The Bertz CT molecular complexity index is 740. The Labute approximate surface area is 139 Å². The van der Waals surface area contributed by atoms with Gasteiger partial charge in [-0.15, -0.1) is 0 Å². The van der Waals surface area contributed by atoms with Gasteiger partial charge in [0.05, 0.1) is 12.0 Å². The lowest BCUT2D eigenvalue weighted by Gasteiger charge is -2.20. The van der Waals surface area contributed by atoms with Gasteiger partial charge in [-0.3, -0.25) is 14.6 Å². The Balaban J connectivity index is 1.66. The van der Waals surface area contributed by atoms with Crippen LogP contribution in [0.3, 0.4) is 0 Å². The number of hydrazone groups is 1. The first-order chi connectivity index (χ1) is 11.6. The maximum atomic E-state index is 12.3. The highest BCUT2D eigenvalue weighted by molar-refractivity contribution is 6.40. The number of rotatable bonds is 6. The summed E-state index contributed by atoms with van der Waals surface area (Å²) >= 11 is 0. The van der Waals surface area contributed by atoms with Crippen LogP contribution in [0.2, 0.25) is 0 Å². The summed E-state index contributed by atoms with van der Waals surface area (Å²) in [7, 11) is 0. The van der Waals surface area contributed by atoms with Gasteiger partial charge in [-0.05, 0) is 24.3 Å². The van der Waals surface area contributed by atoms with Crippen LogP contribution in [0.15, 0.2) is 58.2 Å². The van der Waals surface area contributed by atoms with Crippen molar-refractivity contribution in [3.63, 3.8) is 0 Å².